The van der Waals surface area contributed by atoms with Gasteiger partial charge in [0, 0.05) is 22.7 Å². The molecule has 0 saturated heterocycles. The first kappa shape index (κ1) is 14.3. The summed E-state index contributed by atoms with van der Waals surface area (Å²) < 4.78 is 13.2. The van der Waals surface area contributed by atoms with Gasteiger partial charge in [-0.15, -0.1) is 0 Å². The van der Waals surface area contributed by atoms with Crippen molar-refractivity contribution in [3.05, 3.63) is 27.1 Å². The van der Waals surface area contributed by atoms with Gasteiger partial charge in [0.05, 0.1) is 17.8 Å². The second-order valence-electron chi connectivity index (χ2n) is 4.28. The Morgan fingerprint density at radius 1 is 1.33 bits per heavy atom. The smallest absolute Gasteiger partial charge is 0.103 e. The maximum atomic E-state index is 5.62. The van der Waals surface area contributed by atoms with Gasteiger partial charge in [-0.2, -0.15) is 0 Å². The van der Waals surface area contributed by atoms with Crippen molar-refractivity contribution in [2.45, 2.75) is 31.6 Å². The summed E-state index contributed by atoms with van der Waals surface area (Å²) in [7, 11) is 1.74. The van der Waals surface area contributed by atoms with Crippen LogP contribution in [0, 0.1) is 0 Å². The number of benzene rings is 1. The van der Waals surface area contributed by atoms with Crippen LogP contribution in [-0.4, -0.2) is 32.0 Å². The Balaban J connectivity index is 2.03. The molecule has 1 aliphatic carbocycles. The average Bonchev–Trinajstić information content (AvgIpc) is 2.31. The molecule has 0 spiro atoms. The van der Waals surface area contributed by atoms with E-state index in [0.717, 1.165) is 27.7 Å². The Morgan fingerprint density at radius 3 is 2.56 bits per heavy atom. The molecule has 1 saturated carbocycles. The summed E-state index contributed by atoms with van der Waals surface area (Å²) in [4.78, 5) is 0. The Hall–Kier alpha value is -0.100. The largest absolute Gasteiger partial charge is 0.378 e. The molecule has 5 heteroatoms. The lowest BCUT2D eigenvalue weighted by atomic mass is 9.85. The van der Waals surface area contributed by atoms with E-state index < -0.39 is 0 Å². The number of rotatable bonds is 5. The summed E-state index contributed by atoms with van der Waals surface area (Å²) in [6, 6.07) is 6.33. The highest BCUT2D eigenvalue weighted by atomic mass is 79.9. The molecule has 0 radical (unpaired) electrons. The summed E-state index contributed by atoms with van der Waals surface area (Å²) in [5.41, 5.74) is 1.07. The fraction of sp³-hybridized carbons (Fsp3) is 0.538. The first-order valence-corrected chi connectivity index (χ1v) is 7.61. The third-order valence-electron chi connectivity index (χ3n) is 3.19. The van der Waals surface area contributed by atoms with Crippen LogP contribution in [-0.2, 0) is 9.47 Å². The summed E-state index contributed by atoms with van der Waals surface area (Å²) in [6.07, 6.45) is 1.29. The third-order valence-corrected chi connectivity index (χ3v) is 4.52. The molecule has 100 valence electrons. The molecule has 3 nitrogen and oxygen atoms in total. The van der Waals surface area contributed by atoms with Gasteiger partial charge in [-0.05, 0) is 57.3 Å². The van der Waals surface area contributed by atoms with Crippen LogP contribution in [0.3, 0.4) is 0 Å². The van der Waals surface area contributed by atoms with Crippen LogP contribution in [0.1, 0.15) is 13.3 Å². The minimum absolute atomic E-state index is 0.115. The summed E-state index contributed by atoms with van der Waals surface area (Å²) in [6.45, 7) is 2.74. The van der Waals surface area contributed by atoms with E-state index in [-0.39, 0.29) is 12.2 Å². The van der Waals surface area contributed by atoms with Crippen LogP contribution < -0.4 is 5.32 Å². The maximum absolute atomic E-state index is 5.62. The molecule has 2 rings (SSSR count). The van der Waals surface area contributed by atoms with Gasteiger partial charge >= 0.3 is 0 Å². The minimum atomic E-state index is 0.115. The summed E-state index contributed by atoms with van der Waals surface area (Å²) in [5.74, 6) is 0. The topological polar surface area (TPSA) is 30.5 Å². The van der Waals surface area contributed by atoms with Crippen molar-refractivity contribution in [3.63, 3.8) is 0 Å². The molecule has 0 aliphatic heterocycles. The molecule has 3 atom stereocenters. The molecule has 18 heavy (non-hydrogen) atoms. The van der Waals surface area contributed by atoms with Crippen molar-refractivity contribution in [2.24, 2.45) is 0 Å². The Bertz CT molecular complexity index is 394. The van der Waals surface area contributed by atoms with Gasteiger partial charge in [0.15, 0.2) is 0 Å². The second kappa shape index (κ2) is 6.37. The maximum Gasteiger partial charge on any atom is 0.103 e. The van der Waals surface area contributed by atoms with E-state index in [4.69, 9.17) is 9.47 Å². The van der Waals surface area contributed by atoms with E-state index in [1.807, 2.05) is 25.1 Å². The molecule has 1 N–H and O–H groups in total. The number of methoxy groups -OCH3 is 1. The third kappa shape index (κ3) is 2.90. The van der Waals surface area contributed by atoms with E-state index in [9.17, 15) is 0 Å². The average molecular weight is 379 g/mol. The highest BCUT2D eigenvalue weighted by Gasteiger charge is 2.42. The van der Waals surface area contributed by atoms with E-state index in [1.165, 1.54) is 0 Å². The number of hydrogen-bond donors (Lipinski definition) is 1. The Kier molecular flexibility index (Phi) is 5.06. The zero-order valence-electron chi connectivity index (χ0n) is 10.5. The lowest BCUT2D eigenvalue weighted by Gasteiger charge is -2.44. The zero-order valence-corrected chi connectivity index (χ0v) is 13.6. The van der Waals surface area contributed by atoms with E-state index in [1.54, 1.807) is 7.11 Å². The molecule has 1 aromatic rings. The van der Waals surface area contributed by atoms with Gasteiger partial charge < -0.3 is 14.8 Å². The van der Waals surface area contributed by atoms with E-state index in [0.29, 0.717) is 6.04 Å². The van der Waals surface area contributed by atoms with Crippen molar-refractivity contribution in [2.75, 3.05) is 19.0 Å². The fourth-order valence-corrected chi connectivity index (χ4v) is 3.46. The second-order valence-corrected chi connectivity index (χ2v) is 5.99. The first-order chi connectivity index (χ1) is 8.67. The van der Waals surface area contributed by atoms with Gasteiger partial charge in [-0.1, -0.05) is 6.07 Å². The van der Waals surface area contributed by atoms with Crippen LogP contribution in [0.25, 0.3) is 0 Å². The van der Waals surface area contributed by atoms with Crippen LogP contribution in [0.15, 0.2) is 27.1 Å². The van der Waals surface area contributed by atoms with E-state index in [2.05, 4.69) is 37.2 Å². The van der Waals surface area contributed by atoms with Crippen LogP contribution in [0.4, 0.5) is 5.69 Å². The van der Waals surface area contributed by atoms with Gasteiger partial charge in [0.2, 0.25) is 0 Å². The highest BCUT2D eigenvalue weighted by Crippen LogP contribution is 2.36. The number of halogens is 2. The molecule has 0 amide bonds. The number of hydrogen-bond acceptors (Lipinski definition) is 3. The zero-order chi connectivity index (χ0) is 13.1. The molecule has 0 bridgehead atoms. The highest BCUT2D eigenvalue weighted by molar-refractivity contribution is 9.11. The number of para-hydroxylation sites is 1. The predicted octanol–water partition coefficient (Wildman–Crippen LogP) is 3.82. The lowest BCUT2D eigenvalue weighted by molar-refractivity contribution is -0.118. The molecule has 3 unspecified atom stereocenters. The van der Waals surface area contributed by atoms with Crippen LogP contribution in [0.2, 0.25) is 0 Å². The Morgan fingerprint density at radius 2 is 2.00 bits per heavy atom. The summed E-state index contributed by atoms with van der Waals surface area (Å²) in [5, 5.41) is 3.51. The van der Waals surface area contributed by atoms with Gasteiger partial charge in [-0.3, -0.25) is 0 Å². The van der Waals surface area contributed by atoms with Crippen LogP contribution >= 0.6 is 31.9 Å². The monoisotopic (exact) mass is 377 g/mol. The molecule has 1 aromatic carbocycles. The van der Waals surface area contributed by atoms with Crippen molar-refractivity contribution in [3.8, 4) is 0 Å². The standard InChI is InChI=1S/C13H17Br2NO2/c1-3-18-11-7-10(13(11)17-2)16-12-8(14)5-4-6-9(12)15/h4-6,10-11,13,16H,3,7H2,1-2H3. The molecule has 0 aromatic heterocycles. The van der Waals surface area contributed by atoms with Crippen molar-refractivity contribution < 1.29 is 9.47 Å². The molecule has 1 aliphatic rings. The first-order valence-electron chi connectivity index (χ1n) is 6.02. The van der Waals surface area contributed by atoms with Crippen LogP contribution in [0.5, 0.6) is 0 Å². The van der Waals surface area contributed by atoms with Gasteiger partial charge in [-0.25, -0.2) is 0 Å². The minimum Gasteiger partial charge on any atom is -0.378 e. The van der Waals surface area contributed by atoms with Gasteiger partial charge in [0.25, 0.3) is 0 Å². The molecule has 0 heterocycles. The van der Waals surface area contributed by atoms with Crippen molar-refractivity contribution >= 4 is 37.5 Å². The molecular weight excluding hydrogens is 362 g/mol. The Labute approximate surface area is 124 Å². The number of ether oxygens (including phenoxy) is 2. The van der Waals surface area contributed by atoms with Crippen molar-refractivity contribution in [1.82, 2.24) is 0 Å². The molecular formula is C13H17Br2NO2. The normalized spacial score (nSPS) is 26.8. The summed E-state index contributed by atoms with van der Waals surface area (Å²) >= 11 is 7.10. The predicted molar refractivity (Wildman–Crippen MR) is 80.1 cm³/mol. The SMILES string of the molecule is CCOC1CC(Nc2c(Br)cccc2Br)C1OC. The quantitative estimate of drug-likeness (QED) is 0.844. The number of nitrogens with one attached hydrogen (secondary N) is 1. The van der Waals surface area contributed by atoms with E-state index >= 15 is 0 Å². The lowest BCUT2D eigenvalue weighted by Crippen LogP contribution is -2.56. The van der Waals surface area contributed by atoms with Crippen molar-refractivity contribution in [1.29, 1.82) is 0 Å². The number of anilines is 1. The fourth-order valence-electron chi connectivity index (χ4n) is 2.24. The molecule has 1 fully saturated rings. The van der Waals surface area contributed by atoms with Gasteiger partial charge in [0.1, 0.15) is 6.10 Å².